The van der Waals surface area contributed by atoms with Crippen molar-refractivity contribution in [1.82, 2.24) is 9.97 Å². The fourth-order valence-electron chi connectivity index (χ4n) is 1.30. The van der Waals surface area contributed by atoms with Crippen molar-refractivity contribution < 1.29 is 9.90 Å². The van der Waals surface area contributed by atoms with E-state index < -0.39 is 5.97 Å². The molecule has 0 atom stereocenters. The second-order valence-electron chi connectivity index (χ2n) is 3.54. The van der Waals surface area contributed by atoms with Crippen LogP contribution in [-0.2, 0) is 6.54 Å². The van der Waals surface area contributed by atoms with Crippen molar-refractivity contribution in [3.8, 4) is 0 Å². The lowest BCUT2D eigenvalue weighted by Crippen LogP contribution is -2.16. The van der Waals surface area contributed by atoms with Gasteiger partial charge in [0.1, 0.15) is 0 Å². The van der Waals surface area contributed by atoms with E-state index >= 15 is 0 Å². The largest absolute Gasteiger partial charge is 0.476 e. The van der Waals surface area contributed by atoms with Crippen molar-refractivity contribution in [2.75, 3.05) is 11.9 Å². The molecule has 0 aliphatic carbocycles. The SMILES string of the molecule is Cc1ncsc1CN(C)c1nc(C(=O)O)cs1. The van der Waals surface area contributed by atoms with E-state index in [1.54, 1.807) is 16.7 Å². The van der Waals surface area contributed by atoms with Crippen molar-refractivity contribution in [1.29, 1.82) is 0 Å². The van der Waals surface area contributed by atoms with Crippen molar-refractivity contribution in [3.05, 3.63) is 27.2 Å². The molecule has 0 unspecified atom stereocenters. The number of aromatic carboxylic acids is 1. The lowest BCUT2D eigenvalue weighted by Gasteiger charge is -2.14. The van der Waals surface area contributed by atoms with Crippen molar-refractivity contribution in [2.24, 2.45) is 0 Å². The summed E-state index contributed by atoms with van der Waals surface area (Å²) in [6, 6.07) is 0. The van der Waals surface area contributed by atoms with Gasteiger partial charge in [0, 0.05) is 17.3 Å². The maximum Gasteiger partial charge on any atom is 0.355 e. The number of thiazole rings is 2. The Balaban J connectivity index is 2.12. The fourth-order valence-corrected chi connectivity index (χ4v) is 2.89. The van der Waals surface area contributed by atoms with Gasteiger partial charge in [0.15, 0.2) is 10.8 Å². The number of carbonyl (C=O) groups is 1. The van der Waals surface area contributed by atoms with Crippen LogP contribution in [0.15, 0.2) is 10.9 Å². The average Bonchev–Trinajstić information content (AvgIpc) is 2.88. The third kappa shape index (κ3) is 2.62. The molecule has 2 rings (SSSR count). The molecule has 0 amide bonds. The van der Waals surface area contributed by atoms with E-state index in [4.69, 9.17) is 5.11 Å². The highest BCUT2D eigenvalue weighted by molar-refractivity contribution is 7.14. The van der Waals surface area contributed by atoms with Gasteiger partial charge in [0.25, 0.3) is 0 Å². The standard InChI is InChI=1S/C10H11N3O2S2/c1-6-8(17-5-11-6)3-13(2)10-12-7(4-16-10)9(14)15/h4-5H,3H2,1-2H3,(H,14,15). The number of carboxylic acid groups (broad SMARTS) is 1. The molecule has 2 aromatic rings. The van der Waals surface area contributed by atoms with Gasteiger partial charge in [-0.1, -0.05) is 0 Å². The first kappa shape index (κ1) is 12.0. The van der Waals surface area contributed by atoms with Gasteiger partial charge >= 0.3 is 5.97 Å². The Morgan fingerprint density at radius 2 is 2.29 bits per heavy atom. The fraction of sp³-hybridized carbons (Fsp3) is 0.300. The van der Waals surface area contributed by atoms with E-state index in [2.05, 4.69) is 9.97 Å². The van der Waals surface area contributed by atoms with Gasteiger partial charge in [0.2, 0.25) is 0 Å². The van der Waals surface area contributed by atoms with Crippen LogP contribution in [0.5, 0.6) is 0 Å². The number of carboxylic acids is 1. The highest BCUT2D eigenvalue weighted by Crippen LogP contribution is 2.23. The van der Waals surface area contributed by atoms with E-state index in [0.29, 0.717) is 11.7 Å². The molecule has 17 heavy (non-hydrogen) atoms. The third-order valence-electron chi connectivity index (χ3n) is 2.26. The van der Waals surface area contributed by atoms with Crippen LogP contribution in [0.4, 0.5) is 5.13 Å². The lowest BCUT2D eigenvalue weighted by molar-refractivity contribution is 0.0691. The molecule has 2 heterocycles. The molecule has 2 aromatic heterocycles. The minimum Gasteiger partial charge on any atom is -0.476 e. The third-order valence-corrected chi connectivity index (χ3v) is 4.14. The number of hydrogen-bond donors (Lipinski definition) is 1. The summed E-state index contributed by atoms with van der Waals surface area (Å²) in [5, 5.41) is 11.1. The highest BCUT2D eigenvalue weighted by Gasteiger charge is 2.13. The number of aryl methyl sites for hydroxylation is 1. The zero-order valence-electron chi connectivity index (χ0n) is 9.38. The van der Waals surface area contributed by atoms with E-state index in [1.165, 1.54) is 16.2 Å². The summed E-state index contributed by atoms with van der Waals surface area (Å²) in [6.45, 7) is 2.66. The summed E-state index contributed by atoms with van der Waals surface area (Å²) in [7, 11) is 1.89. The smallest absolute Gasteiger partial charge is 0.355 e. The normalized spacial score (nSPS) is 10.5. The Bertz CT molecular complexity index is 535. The van der Waals surface area contributed by atoms with Crippen LogP contribution in [0.25, 0.3) is 0 Å². The zero-order valence-corrected chi connectivity index (χ0v) is 11.0. The summed E-state index contributed by atoms with van der Waals surface area (Å²) in [5.41, 5.74) is 2.91. The minimum absolute atomic E-state index is 0.0953. The molecule has 7 heteroatoms. The number of nitrogens with zero attached hydrogens (tertiary/aromatic N) is 3. The second kappa shape index (κ2) is 4.80. The zero-order chi connectivity index (χ0) is 12.4. The van der Waals surface area contributed by atoms with Crippen LogP contribution in [-0.4, -0.2) is 28.1 Å². The first-order valence-electron chi connectivity index (χ1n) is 4.87. The predicted molar refractivity (Wildman–Crippen MR) is 68.0 cm³/mol. The number of aromatic nitrogens is 2. The molecular weight excluding hydrogens is 258 g/mol. The molecule has 0 saturated carbocycles. The number of hydrogen-bond acceptors (Lipinski definition) is 6. The summed E-state index contributed by atoms with van der Waals surface area (Å²) >= 11 is 2.93. The van der Waals surface area contributed by atoms with Crippen molar-refractivity contribution >= 4 is 33.8 Å². The first-order valence-corrected chi connectivity index (χ1v) is 6.62. The average molecular weight is 269 g/mol. The van der Waals surface area contributed by atoms with Crippen LogP contribution in [0.3, 0.4) is 0 Å². The molecule has 0 radical (unpaired) electrons. The summed E-state index contributed by atoms with van der Waals surface area (Å²) in [6.07, 6.45) is 0. The summed E-state index contributed by atoms with van der Waals surface area (Å²) in [5.74, 6) is -0.991. The maximum atomic E-state index is 10.7. The monoisotopic (exact) mass is 269 g/mol. The summed E-state index contributed by atoms with van der Waals surface area (Å²) < 4.78 is 0. The molecule has 0 fully saturated rings. The van der Waals surface area contributed by atoms with Crippen LogP contribution < -0.4 is 4.90 Å². The Labute approximate surface area is 106 Å². The Morgan fingerprint density at radius 3 is 2.82 bits per heavy atom. The molecule has 5 nitrogen and oxygen atoms in total. The summed E-state index contributed by atoms with van der Waals surface area (Å²) in [4.78, 5) is 22.0. The number of anilines is 1. The van der Waals surface area contributed by atoms with E-state index in [-0.39, 0.29) is 5.69 Å². The molecule has 0 bridgehead atoms. The second-order valence-corrected chi connectivity index (χ2v) is 5.31. The lowest BCUT2D eigenvalue weighted by atomic mass is 10.4. The van der Waals surface area contributed by atoms with Crippen molar-refractivity contribution in [2.45, 2.75) is 13.5 Å². The molecule has 0 aliphatic rings. The quantitative estimate of drug-likeness (QED) is 0.922. The van der Waals surface area contributed by atoms with Gasteiger partial charge in [-0.25, -0.2) is 14.8 Å². The molecule has 0 aromatic carbocycles. The van der Waals surface area contributed by atoms with Crippen LogP contribution in [0.1, 0.15) is 21.1 Å². The van der Waals surface area contributed by atoms with Gasteiger partial charge in [-0.15, -0.1) is 22.7 Å². The Kier molecular flexibility index (Phi) is 3.39. The van der Waals surface area contributed by atoms with Gasteiger partial charge in [-0.05, 0) is 6.92 Å². The van der Waals surface area contributed by atoms with E-state index in [9.17, 15) is 4.79 Å². The molecule has 1 N–H and O–H groups in total. The van der Waals surface area contributed by atoms with E-state index in [0.717, 1.165) is 5.69 Å². The molecule has 0 spiro atoms. The predicted octanol–water partition coefficient (Wildman–Crippen LogP) is 2.24. The number of rotatable bonds is 4. The maximum absolute atomic E-state index is 10.7. The van der Waals surface area contributed by atoms with Crippen LogP contribution >= 0.6 is 22.7 Å². The van der Waals surface area contributed by atoms with Crippen LogP contribution in [0.2, 0.25) is 0 Å². The first-order chi connectivity index (χ1) is 8.08. The Hall–Kier alpha value is -1.47. The van der Waals surface area contributed by atoms with Gasteiger partial charge < -0.3 is 10.0 Å². The van der Waals surface area contributed by atoms with Gasteiger partial charge in [-0.3, -0.25) is 0 Å². The molecular formula is C10H11N3O2S2. The topological polar surface area (TPSA) is 66.3 Å². The van der Waals surface area contributed by atoms with Gasteiger partial charge in [0.05, 0.1) is 17.7 Å². The molecule has 0 saturated heterocycles. The molecule has 0 aliphatic heterocycles. The Morgan fingerprint density at radius 1 is 1.53 bits per heavy atom. The van der Waals surface area contributed by atoms with Crippen LogP contribution in [0, 0.1) is 6.92 Å². The van der Waals surface area contributed by atoms with Gasteiger partial charge in [-0.2, -0.15) is 0 Å². The van der Waals surface area contributed by atoms with E-state index in [1.807, 2.05) is 24.4 Å². The molecule has 90 valence electrons. The highest BCUT2D eigenvalue weighted by atomic mass is 32.1. The van der Waals surface area contributed by atoms with Crippen molar-refractivity contribution in [3.63, 3.8) is 0 Å². The minimum atomic E-state index is -0.991.